The molecule has 0 aromatic rings. The monoisotopic (exact) mass is 297 g/mol. The zero-order valence-corrected chi connectivity index (χ0v) is 8.53. The van der Waals surface area contributed by atoms with E-state index in [4.69, 9.17) is 20.6 Å². The van der Waals surface area contributed by atoms with Crippen LogP contribution in [0.3, 0.4) is 0 Å². The van der Waals surface area contributed by atoms with Gasteiger partial charge in [0.25, 0.3) is 5.78 Å². The Morgan fingerprint density at radius 1 is 0.947 bits per heavy atom. The summed E-state index contributed by atoms with van der Waals surface area (Å²) in [4.78, 5) is 19.2. The summed E-state index contributed by atoms with van der Waals surface area (Å²) in [5.74, 6) is -4.19. The number of aliphatic hydroxyl groups excluding tert-OH is 2. The van der Waals surface area contributed by atoms with Crippen LogP contribution in [0.2, 0.25) is 0 Å². The number of nitrogens with zero attached hydrogens (tertiary/aromatic N) is 1. The molecule has 0 unspecified atom stereocenters. The third-order valence-corrected chi connectivity index (χ3v) is 1.21. The van der Waals surface area contributed by atoms with Crippen molar-refractivity contribution in [1.82, 2.24) is 0 Å². The number of carbonyl (C=O) groups excluding carboxylic acids is 1. The largest absolute Gasteiger partial charge is 0.479 e. The summed E-state index contributed by atoms with van der Waals surface area (Å²) in [6.07, 6.45) is -16.5. The van der Waals surface area contributed by atoms with Gasteiger partial charge in [-0.05, 0) is 0 Å². The Hall–Kier alpha value is -1.87. The Balaban J connectivity index is 0. The molecule has 19 heavy (non-hydrogen) atoms. The number of hydrogen-bond donors (Lipinski definition) is 3. The zero-order chi connectivity index (χ0) is 16.0. The molecule has 0 radical (unpaired) electrons. The second kappa shape index (κ2) is 6.90. The molecule has 0 aliphatic heterocycles. The lowest BCUT2D eigenvalue weighted by Crippen LogP contribution is -2.35. The standard InChI is InChI=1S/C4H2F3NO2.C3H3F3O3/c5-4(6,7)3(10)2(9)1-8;4-3(5,6)1(7)2(8)9/h3,10H;1,7H,(H,8,9)/t3-;1-/m00/s1. The van der Waals surface area contributed by atoms with Crippen molar-refractivity contribution < 1.29 is 51.3 Å². The summed E-state index contributed by atoms with van der Waals surface area (Å²) < 4.78 is 67.0. The highest BCUT2D eigenvalue weighted by molar-refractivity contribution is 5.97. The molecular weight excluding hydrogens is 292 g/mol. The molecule has 6 nitrogen and oxygen atoms in total. The molecule has 0 aliphatic carbocycles. The normalized spacial score (nSPS) is 14.5. The van der Waals surface area contributed by atoms with Crippen molar-refractivity contribution in [1.29, 1.82) is 5.26 Å². The summed E-state index contributed by atoms with van der Waals surface area (Å²) in [5.41, 5.74) is 0. The summed E-state index contributed by atoms with van der Waals surface area (Å²) in [6, 6.07) is 0.662. The molecule has 2 atom stereocenters. The first-order valence-electron chi connectivity index (χ1n) is 3.91. The Morgan fingerprint density at radius 2 is 1.26 bits per heavy atom. The number of carboxylic acid groups (broad SMARTS) is 1. The molecule has 0 amide bonds. The Labute approximate surface area is 100 Å². The van der Waals surface area contributed by atoms with E-state index < -0.39 is 36.3 Å². The van der Waals surface area contributed by atoms with E-state index >= 15 is 0 Å². The number of carbonyl (C=O) groups is 2. The van der Waals surface area contributed by atoms with E-state index in [-0.39, 0.29) is 0 Å². The van der Waals surface area contributed by atoms with Crippen LogP contribution in [0, 0.1) is 11.3 Å². The quantitative estimate of drug-likeness (QED) is 0.487. The van der Waals surface area contributed by atoms with E-state index in [9.17, 15) is 35.9 Å². The van der Waals surface area contributed by atoms with Gasteiger partial charge in [0.1, 0.15) is 6.07 Å². The molecule has 0 rings (SSSR count). The third kappa shape index (κ3) is 7.95. The van der Waals surface area contributed by atoms with E-state index in [1.165, 1.54) is 0 Å². The maximum Gasteiger partial charge on any atom is 0.425 e. The molecule has 12 heteroatoms. The Bertz CT molecular complexity index is 370. The minimum atomic E-state index is -5.06. The molecule has 110 valence electrons. The van der Waals surface area contributed by atoms with Gasteiger partial charge in [-0.25, -0.2) is 4.79 Å². The maximum absolute atomic E-state index is 11.3. The molecule has 0 aromatic carbocycles. The van der Waals surface area contributed by atoms with E-state index in [1.54, 1.807) is 0 Å². The lowest BCUT2D eigenvalue weighted by molar-refractivity contribution is -0.214. The second-order valence-corrected chi connectivity index (χ2v) is 2.70. The van der Waals surface area contributed by atoms with Gasteiger partial charge < -0.3 is 15.3 Å². The lowest BCUT2D eigenvalue weighted by atomic mass is 10.2. The van der Waals surface area contributed by atoms with Crippen molar-refractivity contribution in [3.63, 3.8) is 0 Å². The molecule has 0 aromatic heterocycles. The number of carboxylic acids is 1. The number of Topliss-reactive ketones (excluding diaryl/α,β-unsaturated/α-hetero) is 1. The van der Waals surface area contributed by atoms with Gasteiger partial charge >= 0.3 is 18.3 Å². The van der Waals surface area contributed by atoms with E-state index in [2.05, 4.69) is 0 Å². The molecule has 0 heterocycles. The fraction of sp³-hybridized carbons (Fsp3) is 0.571. The smallest absolute Gasteiger partial charge is 0.425 e. The van der Waals surface area contributed by atoms with Gasteiger partial charge in [0.15, 0.2) is 0 Å². The van der Waals surface area contributed by atoms with Crippen LogP contribution in [0.15, 0.2) is 0 Å². The minimum absolute atomic E-state index is 0.662. The second-order valence-electron chi connectivity index (χ2n) is 2.70. The molecular formula is C7H5F6NO5. The summed E-state index contributed by atoms with van der Waals surface area (Å²) in [7, 11) is 0. The molecule has 0 saturated carbocycles. The maximum atomic E-state index is 11.3. The summed E-state index contributed by atoms with van der Waals surface area (Å²) in [5, 5.41) is 30.9. The van der Waals surface area contributed by atoms with Crippen molar-refractivity contribution in [2.45, 2.75) is 24.6 Å². The Kier molecular flexibility index (Phi) is 7.07. The van der Waals surface area contributed by atoms with Gasteiger partial charge in [0.2, 0.25) is 12.2 Å². The molecule has 0 spiro atoms. The molecule has 0 fully saturated rings. The predicted molar refractivity (Wildman–Crippen MR) is 42.4 cm³/mol. The fourth-order valence-corrected chi connectivity index (χ4v) is 0.350. The average Bonchev–Trinajstić information content (AvgIpc) is 2.24. The highest BCUT2D eigenvalue weighted by atomic mass is 19.4. The van der Waals surface area contributed by atoms with Crippen molar-refractivity contribution in [2.75, 3.05) is 0 Å². The highest BCUT2D eigenvalue weighted by Crippen LogP contribution is 2.20. The van der Waals surface area contributed by atoms with E-state index in [1.807, 2.05) is 0 Å². The molecule has 3 N–H and O–H groups in total. The molecule has 0 aliphatic rings. The number of halogens is 6. The third-order valence-electron chi connectivity index (χ3n) is 1.21. The minimum Gasteiger partial charge on any atom is -0.479 e. The molecule has 0 bridgehead atoms. The van der Waals surface area contributed by atoms with Crippen molar-refractivity contribution in [2.24, 2.45) is 0 Å². The van der Waals surface area contributed by atoms with Crippen molar-refractivity contribution in [3.8, 4) is 6.07 Å². The zero-order valence-electron chi connectivity index (χ0n) is 8.53. The number of hydrogen-bond acceptors (Lipinski definition) is 5. The van der Waals surface area contributed by atoms with Gasteiger partial charge in [-0.15, -0.1) is 0 Å². The van der Waals surface area contributed by atoms with Gasteiger partial charge in [-0.3, -0.25) is 4.79 Å². The average molecular weight is 297 g/mol. The van der Waals surface area contributed by atoms with Crippen LogP contribution in [-0.4, -0.2) is 51.6 Å². The number of alkyl halides is 6. The lowest BCUT2D eigenvalue weighted by Gasteiger charge is -2.08. The number of ketones is 1. The first kappa shape index (κ1) is 19.5. The van der Waals surface area contributed by atoms with Gasteiger partial charge in [0.05, 0.1) is 0 Å². The number of rotatable bonds is 2. The number of aliphatic carboxylic acids is 1. The van der Waals surface area contributed by atoms with E-state index in [0.717, 1.165) is 0 Å². The fourth-order valence-electron chi connectivity index (χ4n) is 0.350. The number of aliphatic hydroxyl groups is 2. The van der Waals surface area contributed by atoms with Crippen LogP contribution in [0.1, 0.15) is 0 Å². The van der Waals surface area contributed by atoms with E-state index in [0.29, 0.717) is 6.07 Å². The van der Waals surface area contributed by atoms with Gasteiger partial charge in [-0.1, -0.05) is 0 Å². The predicted octanol–water partition coefficient (Wildman–Crippen LogP) is -0.00352. The highest BCUT2D eigenvalue weighted by Gasteiger charge is 2.44. The number of nitriles is 1. The van der Waals surface area contributed by atoms with Crippen molar-refractivity contribution in [3.05, 3.63) is 0 Å². The first-order chi connectivity index (χ1) is 8.25. The van der Waals surface area contributed by atoms with Crippen LogP contribution < -0.4 is 0 Å². The van der Waals surface area contributed by atoms with Gasteiger partial charge in [0, 0.05) is 0 Å². The van der Waals surface area contributed by atoms with Gasteiger partial charge in [-0.2, -0.15) is 31.6 Å². The SMILES string of the molecule is N#CC(=O)[C@H](O)C(F)(F)F.O=C(O)[C@H](O)C(F)(F)F. The first-order valence-corrected chi connectivity index (χ1v) is 3.91. The van der Waals surface area contributed by atoms with Crippen LogP contribution in [-0.2, 0) is 9.59 Å². The molecule has 0 saturated heterocycles. The van der Waals surface area contributed by atoms with Crippen LogP contribution in [0.4, 0.5) is 26.3 Å². The van der Waals surface area contributed by atoms with Crippen LogP contribution in [0.5, 0.6) is 0 Å². The van der Waals surface area contributed by atoms with Crippen molar-refractivity contribution >= 4 is 11.8 Å². The van der Waals surface area contributed by atoms with Crippen LogP contribution in [0.25, 0.3) is 0 Å². The topological polar surface area (TPSA) is 119 Å². The van der Waals surface area contributed by atoms with Crippen LogP contribution >= 0.6 is 0 Å². The summed E-state index contributed by atoms with van der Waals surface area (Å²) >= 11 is 0. The summed E-state index contributed by atoms with van der Waals surface area (Å²) in [6.45, 7) is 0. The Morgan fingerprint density at radius 3 is 1.32 bits per heavy atom.